The largest absolute Gasteiger partial charge is 0.493 e. The van der Waals surface area contributed by atoms with Gasteiger partial charge in [-0.3, -0.25) is 20.4 Å². The van der Waals surface area contributed by atoms with Crippen molar-refractivity contribution < 1.29 is 19.1 Å². The normalized spacial score (nSPS) is 10.3. The number of aromatic nitrogens is 1. The summed E-state index contributed by atoms with van der Waals surface area (Å²) in [7, 11) is 4.80. The van der Waals surface area contributed by atoms with E-state index in [4.69, 9.17) is 9.47 Å². The fourth-order valence-corrected chi connectivity index (χ4v) is 3.18. The van der Waals surface area contributed by atoms with Gasteiger partial charge in [0.25, 0.3) is 5.91 Å². The zero-order valence-electron chi connectivity index (χ0n) is 13.9. The van der Waals surface area contributed by atoms with Gasteiger partial charge < -0.3 is 14.0 Å². The van der Waals surface area contributed by atoms with E-state index in [1.807, 2.05) is 0 Å². The molecule has 1 aromatic heterocycles. The van der Waals surface area contributed by atoms with Crippen LogP contribution >= 0.6 is 31.9 Å². The maximum absolute atomic E-state index is 12.1. The number of aryl methyl sites for hydroxylation is 1. The quantitative estimate of drug-likeness (QED) is 0.652. The monoisotopic (exact) mass is 473 g/mol. The molecule has 25 heavy (non-hydrogen) atoms. The number of nitrogens with zero attached hydrogens (tertiary/aromatic N) is 1. The van der Waals surface area contributed by atoms with E-state index < -0.39 is 5.91 Å². The summed E-state index contributed by atoms with van der Waals surface area (Å²) in [6.45, 7) is 0. The summed E-state index contributed by atoms with van der Waals surface area (Å²) in [5, 5.41) is 0. The summed E-state index contributed by atoms with van der Waals surface area (Å²) in [4.78, 5) is 24.2. The highest BCUT2D eigenvalue weighted by Gasteiger charge is 2.15. The third kappa shape index (κ3) is 4.76. The van der Waals surface area contributed by atoms with Crippen molar-refractivity contribution in [2.45, 2.75) is 6.42 Å². The molecule has 0 bridgehead atoms. The first kappa shape index (κ1) is 19.3. The number of ether oxygens (including phenoxy) is 2. The SMILES string of the molecule is COc1cc(Br)c(CC(=O)NNC(=O)c2cc(Br)cn2C)cc1OC. The first-order chi connectivity index (χ1) is 11.8. The fraction of sp³-hybridized carbons (Fsp3) is 0.250. The number of hydrogen-bond donors (Lipinski definition) is 2. The molecule has 2 amide bonds. The zero-order chi connectivity index (χ0) is 18.6. The van der Waals surface area contributed by atoms with Gasteiger partial charge in [-0.15, -0.1) is 0 Å². The van der Waals surface area contributed by atoms with Crippen molar-refractivity contribution in [2.75, 3.05) is 14.2 Å². The third-order valence-corrected chi connectivity index (χ3v) is 4.60. The number of methoxy groups -OCH3 is 2. The van der Waals surface area contributed by atoms with Gasteiger partial charge in [0.15, 0.2) is 11.5 Å². The summed E-state index contributed by atoms with van der Waals surface area (Å²) in [6.07, 6.45) is 1.80. The predicted molar refractivity (Wildman–Crippen MR) is 99.7 cm³/mol. The first-order valence-electron chi connectivity index (χ1n) is 7.17. The summed E-state index contributed by atoms with van der Waals surface area (Å²) in [5.41, 5.74) is 5.91. The lowest BCUT2D eigenvalue weighted by molar-refractivity contribution is -0.121. The highest BCUT2D eigenvalue weighted by molar-refractivity contribution is 9.10. The van der Waals surface area contributed by atoms with Gasteiger partial charge in [0.05, 0.1) is 20.6 Å². The van der Waals surface area contributed by atoms with Gasteiger partial charge in [0, 0.05) is 22.2 Å². The van der Waals surface area contributed by atoms with Gasteiger partial charge in [-0.1, -0.05) is 15.9 Å². The van der Waals surface area contributed by atoms with Crippen LogP contribution in [0.3, 0.4) is 0 Å². The van der Waals surface area contributed by atoms with Crippen molar-refractivity contribution in [3.05, 3.63) is 44.6 Å². The number of carbonyl (C=O) groups excluding carboxylic acids is 2. The Labute approximate surface area is 161 Å². The average Bonchev–Trinajstić information content (AvgIpc) is 2.92. The second kappa shape index (κ2) is 8.39. The third-order valence-electron chi connectivity index (χ3n) is 3.42. The lowest BCUT2D eigenvalue weighted by Crippen LogP contribution is -2.43. The molecule has 0 unspecified atom stereocenters. The van der Waals surface area contributed by atoms with Crippen LogP contribution in [0, 0.1) is 0 Å². The van der Waals surface area contributed by atoms with Crippen molar-refractivity contribution >= 4 is 43.7 Å². The topological polar surface area (TPSA) is 81.6 Å². The van der Waals surface area contributed by atoms with Crippen molar-refractivity contribution in [2.24, 2.45) is 7.05 Å². The fourth-order valence-electron chi connectivity index (χ4n) is 2.19. The Morgan fingerprint density at radius 1 is 1.08 bits per heavy atom. The first-order valence-corrected chi connectivity index (χ1v) is 8.75. The van der Waals surface area contributed by atoms with Crippen LogP contribution in [-0.4, -0.2) is 30.6 Å². The van der Waals surface area contributed by atoms with Crippen LogP contribution < -0.4 is 20.3 Å². The Balaban J connectivity index is 2.01. The van der Waals surface area contributed by atoms with E-state index in [2.05, 4.69) is 42.7 Å². The summed E-state index contributed by atoms with van der Waals surface area (Å²) >= 11 is 6.69. The van der Waals surface area contributed by atoms with Crippen LogP contribution in [0.4, 0.5) is 0 Å². The Hall–Kier alpha value is -2.00. The maximum Gasteiger partial charge on any atom is 0.286 e. The minimum Gasteiger partial charge on any atom is -0.493 e. The molecule has 0 spiro atoms. The molecule has 0 fully saturated rings. The Morgan fingerprint density at radius 3 is 2.28 bits per heavy atom. The van der Waals surface area contributed by atoms with Crippen LogP contribution in [0.15, 0.2) is 33.3 Å². The van der Waals surface area contributed by atoms with Crippen molar-refractivity contribution in [1.29, 1.82) is 0 Å². The summed E-state index contributed by atoms with van der Waals surface area (Å²) in [6, 6.07) is 5.09. The van der Waals surface area contributed by atoms with E-state index in [-0.39, 0.29) is 12.3 Å². The van der Waals surface area contributed by atoms with E-state index in [1.165, 1.54) is 14.2 Å². The lowest BCUT2D eigenvalue weighted by atomic mass is 10.1. The second-order valence-corrected chi connectivity index (χ2v) is 6.90. The van der Waals surface area contributed by atoms with E-state index in [0.29, 0.717) is 27.2 Å². The number of hydrazine groups is 1. The Morgan fingerprint density at radius 2 is 1.72 bits per heavy atom. The van der Waals surface area contributed by atoms with Crippen molar-refractivity contribution in [3.63, 3.8) is 0 Å². The van der Waals surface area contributed by atoms with Crippen LogP contribution in [0.1, 0.15) is 16.1 Å². The molecule has 0 aliphatic heterocycles. The van der Waals surface area contributed by atoms with Crippen LogP contribution in [0.2, 0.25) is 0 Å². The molecule has 2 rings (SSSR count). The number of amides is 2. The van der Waals surface area contributed by atoms with Crippen LogP contribution in [0.25, 0.3) is 0 Å². The minimum atomic E-state index is -0.409. The molecule has 2 aromatic rings. The molecular formula is C16H17Br2N3O4. The molecule has 0 radical (unpaired) electrons. The second-order valence-electron chi connectivity index (χ2n) is 5.13. The zero-order valence-corrected chi connectivity index (χ0v) is 17.0. The van der Waals surface area contributed by atoms with Crippen LogP contribution in [-0.2, 0) is 18.3 Å². The highest BCUT2D eigenvalue weighted by atomic mass is 79.9. The molecular weight excluding hydrogens is 458 g/mol. The van der Waals surface area contributed by atoms with E-state index >= 15 is 0 Å². The molecule has 0 saturated heterocycles. The standard InChI is InChI=1S/C16H17Br2N3O4/c1-21-8-10(17)6-12(21)16(23)20-19-15(22)5-9-4-13(24-2)14(25-3)7-11(9)18/h4,6-8H,5H2,1-3H3,(H,19,22)(H,20,23). The van der Waals surface area contributed by atoms with Crippen molar-refractivity contribution in [3.8, 4) is 11.5 Å². The van der Waals surface area contributed by atoms with Crippen LogP contribution in [0.5, 0.6) is 11.5 Å². The van der Waals surface area contributed by atoms with Gasteiger partial charge in [-0.05, 0) is 39.7 Å². The molecule has 0 saturated carbocycles. The lowest BCUT2D eigenvalue weighted by Gasteiger charge is -2.12. The molecule has 1 aromatic carbocycles. The van der Waals surface area contributed by atoms with E-state index in [9.17, 15) is 9.59 Å². The van der Waals surface area contributed by atoms with Gasteiger partial charge in [-0.2, -0.15) is 0 Å². The molecule has 9 heteroatoms. The Bertz CT molecular complexity index is 805. The van der Waals surface area contributed by atoms with E-state index in [0.717, 1.165) is 4.47 Å². The summed E-state index contributed by atoms with van der Waals surface area (Å²) in [5.74, 6) is 0.301. The molecule has 0 aliphatic carbocycles. The number of carbonyl (C=O) groups is 2. The van der Waals surface area contributed by atoms with Gasteiger partial charge in [0.1, 0.15) is 5.69 Å². The average molecular weight is 475 g/mol. The molecule has 7 nitrogen and oxygen atoms in total. The van der Waals surface area contributed by atoms with Gasteiger partial charge in [0.2, 0.25) is 5.91 Å². The molecule has 1 heterocycles. The van der Waals surface area contributed by atoms with Crippen molar-refractivity contribution in [1.82, 2.24) is 15.4 Å². The van der Waals surface area contributed by atoms with Gasteiger partial charge >= 0.3 is 0 Å². The smallest absolute Gasteiger partial charge is 0.286 e. The maximum atomic E-state index is 12.1. The highest BCUT2D eigenvalue weighted by Crippen LogP contribution is 2.33. The number of nitrogens with one attached hydrogen (secondary N) is 2. The van der Waals surface area contributed by atoms with E-state index in [1.54, 1.807) is 36.0 Å². The molecule has 134 valence electrons. The van der Waals surface area contributed by atoms with Gasteiger partial charge in [-0.25, -0.2) is 0 Å². The Kier molecular flexibility index (Phi) is 6.49. The molecule has 0 atom stereocenters. The molecule has 0 aliphatic rings. The number of hydrogen-bond acceptors (Lipinski definition) is 4. The summed E-state index contributed by atoms with van der Waals surface area (Å²) < 4.78 is 13.6. The minimum absolute atomic E-state index is 0.0536. The number of benzene rings is 1. The number of rotatable bonds is 5. The predicted octanol–water partition coefficient (Wildman–Crippen LogP) is 2.57. The number of halogens is 2. The molecule has 2 N–H and O–H groups in total.